The second-order valence-corrected chi connectivity index (χ2v) is 11.9. The number of alkyl halides is 3. The fourth-order valence-corrected chi connectivity index (χ4v) is 4.80. The molecule has 3 aromatic rings. The highest BCUT2D eigenvalue weighted by atomic mass is 19.4. The molecule has 0 amide bonds. The Balaban J connectivity index is 1.03. The molecule has 3 aromatic carbocycles. The number of nitro benzene ring substituents is 2. The number of hydrogen-bond donors (Lipinski definition) is 2. The lowest BCUT2D eigenvalue weighted by atomic mass is 10.1. The molecule has 21 heteroatoms. The molecule has 0 aromatic heterocycles. The molecule has 0 atom stereocenters. The highest BCUT2D eigenvalue weighted by Crippen LogP contribution is 2.32. The Hall–Kier alpha value is -5.00. The molecule has 0 saturated heterocycles. The average molecular weight is 843 g/mol. The van der Waals surface area contributed by atoms with E-state index in [0.717, 1.165) is 18.2 Å². The molecule has 18 nitrogen and oxygen atoms in total. The maximum Gasteiger partial charge on any atom is 0.416 e. The van der Waals surface area contributed by atoms with Gasteiger partial charge < -0.3 is 53.3 Å². The van der Waals surface area contributed by atoms with Gasteiger partial charge in [-0.25, -0.2) is 4.79 Å². The lowest BCUT2D eigenvalue weighted by Crippen LogP contribution is -2.16. The van der Waals surface area contributed by atoms with Crippen molar-refractivity contribution in [3.8, 4) is 0 Å². The zero-order valence-corrected chi connectivity index (χ0v) is 32.3. The van der Waals surface area contributed by atoms with Gasteiger partial charge in [0, 0.05) is 18.3 Å². The second kappa shape index (κ2) is 28.4. The molecule has 3 rings (SSSR count). The zero-order chi connectivity index (χ0) is 42.6. The number of carbonyl (C=O) groups is 1. The summed E-state index contributed by atoms with van der Waals surface area (Å²) in [6, 6.07) is 14.4. The van der Waals surface area contributed by atoms with E-state index in [2.05, 4.69) is 10.6 Å². The van der Waals surface area contributed by atoms with Crippen molar-refractivity contribution in [3.63, 3.8) is 0 Å². The average Bonchev–Trinajstić information content (AvgIpc) is 3.21. The first-order valence-electron chi connectivity index (χ1n) is 18.6. The van der Waals surface area contributed by atoms with Crippen LogP contribution in [0, 0.1) is 20.2 Å². The Morgan fingerprint density at radius 3 is 1.54 bits per heavy atom. The van der Waals surface area contributed by atoms with Crippen molar-refractivity contribution in [2.75, 3.05) is 129 Å². The molecule has 0 bridgehead atoms. The SMILES string of the molecule is O=C(OCCOCCOCCOCCOCCOCCOCCOCCOCCNc1ccc([N+](=O)[O-])cc1[N+](=O)[O-])c1ccccc1Nc1cccc(C(F)(F)F)c1. The van der Waals surface area contributed by atoms with Gasteiger partial charge in [0.2, 0.25) is 0 Å². The number of nitrogens with one attached hydrogen (secondary N) is 2. The van der Waals surface area contributed by atoms with Crippen molar-refractivity contribution < 1.29 is 70.4 Å². The molecule has 0 unspecified atom stereocenters. The molecule has 0 spiro atoms. The molecule has 0 aliphatic carbocycles. The van der Waals surface area contributed by atoms with Gasteiger partial charge in [0.05, 0.1) is 138 Å². The lowest BCUT2D eigenvalue weighted by molar-refractivity contribution is -0.393. The van der Waals surface area contributed by atoms with Crippen LogP contribution in [0.15, 0.2) is 66.7 Å². The summed E-state index contributed by atoms with van der Waals surface area (Å²) in [5.41, 5.74) is -0.724. The first kappa shape index (κ1) is 48.4. The summed E-state index contributed by atoms with van der Waals surface area (Å²) in [5, 5.41) is 27.7. The summed E-state index contributed by atoms with van der Waals surface area (Å²) in [6.45, 7) is 5.74. The van der Waals surface area contributed by atoms with Crippen LogP contribution in [0.1, 0.15) is 15.9 Å². The zero-order valence-electron chi connectivity index (χ0n) is 32.3. The number of carbonyl (C=O) groups excluding carboxylic acids is 1. The topological polar surface area (TPSA) is 210 Å². The van der Waals surface area contributed by atoms with Crippen LogP contribution in [-0.2, 0) is 48.8 Å². The van der Waals surface area contributed by atoms with Gasteiger partial charge in [0.1, 0.15) is 12.3 Å². The van der Waals surface area contributed by atoms with E-state index in [0.29, 0.717) is 91.6 Å². The van der Waals surface area contributed by atoms with Gasteiger partial charge in [-0.05, 0) is 36.4 Å². The summed E-state index contributed by atoms with van der Waals surface area (Å²) < 4.78 is 87.9. The highest BCUT2D eigenvalue weighted by molar-refractivity contribution is 5.96. The van der Waals surface area contributed by atoms with E-state index in [1.165, 1.54) is 30.3 Å². The van der Waals surface area contributed by atoms with Crippen molar-refractivity contribution in [3.05, 3.63) is 98.1 Å². The number of nitrogens with zero attached hydrogens (tertiary/aromatic N) is 2. The number of anilines is 3. The fourth-order valence-electron chi connectivity index (χ4n) is 4.80. The van der Waals surface area contributed by atoms with Gasteiger partial charge in [0.15, 0.2) is 0 Å². The minimum Gasteiger partial charge on any atom is -0.460 e. The summed E-state index contributed by atoms with van der Waals surface area (Å²) in [5.74, 6) is -0.645. The van der Waals surface area contributed by atoms with Gasteiger partial charge in [-0.1, -0.05) is 18.2 Å². The number of benzene rings is 3. The Morgan fingerprint density at radius 1 is 0.559 bits per heavy atom. The third-order valence-electron chi connectivity index (χ3n) is 7.63. The summed E-state index contributed by atoms with van der Waals surface area (Å²) >= 11 is 0. The monoisotopic (exact) mass is 842 g/mol. The third-order valence-corrected chi connectivity index (χ3v) is 7.63. The quantitative estimate of drug-likeness (QED) is 0.0328. The summed E-state index contributed by atoms with van der Waals surface area (Å²) in [6.07, 6.45) is -4.49. The van der Waals surface area contributed by atoms with Crippen LogP contribution in [0.3, 0.4) is 0 Å². The first-order chi connectivity index (χ1) is 28.6. The molecule has 0 aliphatic heterocycles. The molecular weight excluding hydrogens is 793 g/mol. The van der Waals surface area contributed by atoms with Crippen LogP contribution in [-0.4, -0.2) is 135 Å². The number of rotatable bonds is 33. The number of ether oxygens (including phenoxy) is 9. The largest absolute Gasteiger partial charge is 0.460 e. The van der Waals surface area contributed by atoms with Crippen molar-refractivity contribution in [2.45, 2.75) is 6.18 Å². The van der Waals surface area contributed by atoms with Gasteiger partial charge in [-0.2, -0.15) is 13.2 Å². The Kier molecular flexibility index (Phi) is 23.3. The Labute approximate surface area is 338 Å². The molecule has 0 fully saturated rings. The molecule has 59 heavy (non-hydrogen) atoms. The van der Waals surface area contributed by atoms with Crippen LogP contribution in [0.4, 0.5) is 41.6 Å². The highest BCUT2D eigenvalue weighted by Gasteiger charge is 2.30. The molecule has 0 aliphatic rings. The van der Waals surface area contributed by atoms with Gasteiger partial charge in [0.25, 0.3) is 11.4 Å². The van der Waals surface area contributed by atoms with E-state index >= 15 is 0 Å². The molecule has 2 N–H and O–H groups in total. The second-order valence-electron chi connectivity index (χ2n) is 11.9. The maximum atomic E-state index is 13.1. The van der Waals surface area contributed by atoms with Crippen LogP contribution in [0.2, 0.25) is 0 Å². The summed E-state index contributed by atoms with van der Waals surface area (Å²) in [7, 11) is 0. The smallest absolute Gasteiger partial charge is 0.416 e. The van der Waals surface area contributed by atoms with Crippen LogP contribution in [0.5, 0.6) is 0 Å². The lowest BCUT2D eigenvalue weighted by Gasteiger charge is -2.13. The number of hydrogen-bond acceptors (Lipinski definition) is 16. The van der Waals surface area contributed by atoms with E-state index < -0.39 is 27.6 Å². The fraction of sp³-hybridized carbons (Fsp3) is 0.500. The Bertz CT molecular complexity index is 1690. The van der Waals surface area contributed by atoms with E-state index in [-0.39, 0.29) is 61.3 Å². The number of non-ortho nitro benzene ring substituents is 1. The van der Waals surface area contributed by atoms with E-state index in [9.17, 15) is 38.2 Å². The first-order valence-corrected chi connectivity index (χ1v) is 18.6. The predicted octanol–water partition coefficient (Wildman–Crippen LogP) is 5.67. The van der Waals surface area contributed by atoms with Crippen molar-refractivity contribution in [1.29, 1.82) is 0 Å². The number of esters is 1. The predicted molar refractivity (Wildman–Crippen MR) is 206 cm³/mol. The number of para-hydroxylation sites is 1. The molecule has 326 valence electrons. The van der Waals surface area contributed by atoms with E-state index in [4.69, 9.17) is 42.6 Å². The van der Waals surface area contributed by atoms with E-state index in [1.54, 1.807) is 18.2 Å². The number of halogens is 3. The van der Waals surface area contributed by atoms with Gasteiger partial charge in [-0.3, -0.25) is 20.2 Å². The molecule has 0 radical (unpaired) electrons. The van der Waals surface area contributed by atoms with Gasteiger partial charge in [-0.15, -0.1) is 0 Å². The standard InChI is InChI=1S/C38H49F3N4O14/c39-38(40,41)30-4-3-5-31(28-30)43-34-7-2-1-6-33(34)37(46)59-27-26-58-25-24-57-23-22-56-21-20-55-19-18-54-17-16-53-15-14-52-13-12-51-11-10-42-35-9-8-32(44(47)48)29-36(35)45(49)50/h1-9,28-29,42-43H,10-27H2. The number of nitro groups is 2. The summed E-state index contributed by atoms with van der Waals surface area (Å²) in [4.78, 5) is 33.2. The minimum absolute atomic E-state index is 0.0217. The molecular formula is C38H49F3N4O14. The van der Waals surface area contributed by atoms with Crippen molar-refractivity contribution in [1.82, 2.24) is 0 Å². The normalized spacial score (nSPS) is 11.4. The van der Waals surface area contributed by atoms with Crippen LogP contribution >= 0.6 is 0 Å². The van der Waals surface area contributed by atoms with Crippen molar-refractivity contribution in [2.24, 2.45) is 0 Å². The van der Waals surface area contributed by atoms with Crippen LogP contribution in [0.25, 0.3) is 0 Å². The molecule has 0 heterocycles. The van der Waals surface area contributed by atoms with Gasteiger partial charge >= 0.3 is 12.1 Å². The third kappa shape index (κ3) is 20.5. The van der Waals surface area contributed by atoms with Crippen molar-refractivity contribution >= 4 is 34.4 Å². The van der Waals surface area contributed by atoms with E-state index in [1.807, 2.05) is 0 Å². The van der Waals surface area contributed by atoms with Crippen LogP contribution < -0.4 is 10.6 Å². The maximum absolute atomic E-state index is 13.1. The Morgan fingerprint density at radius 2 is 1.05 bits per heavy atom. The molecule has 0 saturated carbocycles. The minimum atomic E-state index is -4.49.